The third kappa shape index (κ3) is 1.40. The minimum Gasteiger partial charge on any atom is -0.367 e. The number of halogens is 1. The molecule has 0 spiro atoms. The molecule has 2 nitrogen and oxygen atoms in total. The van der Waals surface area contributed by atoms with Gasteiger partial charge in [-0.2, -0.15) is 0 Å². The largest absolute Gasteiger partial charge is 0.367 e. The Hall–Kier alpha value is -1.12. The third-order valence-corrected chi connectivity index (χ3v) is 2.14. The fourth-order valence-corrected chi connectivity index (χ4v) is 1.49. The van der Waals surface area contributed by atoms with Gasteiger partial charge in [-0.25, -0.2) is 4.39 Å². The predicted molar refractivity (Wildman–Crippen MR) is 46.0 cm³/mol. The second-order valence-corrected chi connectivity index (χ2v) is 3.04. The van der Waals surface area contributed by atoms with Crippen LogP contribution >= 0.6 is 0 Å². The van der Waals surface area contributed by atoms with E-state index in [2.05, 4.69) is 4.98 Å². The molecule has 1 saturated heterocycles. The summed E-state index contributed by atoms with van der Waals surface area (Å²) >= 11 is 0. The van der Waals surface area contributed by atoms with E-state index >= 15 is 0 Å². The highest BCUT2D eigenvalue weighted by Gasteiger charge is 2.21. The molecule has 2 rings (SSSR count). The molecule has 1 aromatic rings. The Morgan fingerprint density at radius 3 is 3.08 bits per heavy atom. The number of hydrogen-bond acceptors (Lipinski definition) is 2. The predicted octanol–water partition coefficient (Wildman–Crippen LogP) is 1.63. The zero-order chi connectivity index (χ0) is 8.39. The van der Waals surface area contributed by atoms with Crippen molar-refractivity contribution < 1.29 is 4.39 Å². The molecule has 1 aliphatic rings. The summed E-state index contributed by atoms with van der Waals surface area (Å²) in [6.07, 6.45) is 3.49. The summed E-state index contributed by atoms with van der Waals surface area (Å²) in [5.41, 5.74) is 1.03. The van der Waals surface area contributed by atoms with Crippen LogP contribution < -0.4 is 4.90 Å². The van der Waals surface area contributed by atoms with Crippen LogP contribution in [-0.4, -0.2) is 24.2 Å². The molecular formula is C9H11FN2. The first-order chi connectivity index (χ1) is 5.86. The van der Waals surface area contributed by atoms with Crippen LogP contribution in [0.1, 0.15) is 6.42 Å². The van der Waals surface area contributed by atoms with E-state index in [4.69, 9.17) is 0 Å². The normalized spacial score (nSPS) is 23.1. The maximum Gasteiger partial charge on any atom is 0.119 e. The Balaban J connectivity index is 2.11. The van der Waals surface area contributed by atoms with Gasteiger partial charge >= 0.3 is 0 Å². The standard InChI is InChI=1S/C9H11FN2/c10-8-3-5-12(7-8)9-2-1-4-11-6-9/h1-2,4,6,8H,3,5,7H2. The van der Waals surface area contributed by atoms with Gasteiger partial charge in [-0.1, -0.05) is 0 Å². The Morgan fingerprint density at radius 2 is 2.50 bits per heavy atom. The number of rotatable bonds is 1. The SMILES string of the molecule is FC1CCN(c2cccnc2)C1. The van der Waals surface area contributed by atoms with Crippen LogP contribution in [0.25, 0.3) is 0 Å². The molecule has 12 heavy (non-hydrogen) atoms. The minimum absolute atomic E-state index is 0.520. The van der Waals surface area contributed by atoms with Crippen LogP contribution in [-0.2, 0) is 0 Å². The molecule has 0 radical (unpaired) electrons. The van der Waals surface area contributed by atoms with E-state index in [1.807, 2.05) is 17.0 Å². The van der Waals surface area contributed by atoms with Crippen LogP contribution in [0.15, 0.2) is 24.5 Å². The van der Waals surface area contributed by atoms with Gasteiger partial charge in [-0.3, -0.25) is 4.98 Å². The van der Waals surface area contributed by atoms with Gasteiger partial charge in [-0.05, 0) is 18.6 Å². The van der Waals surface area contributed by atoms with E-state index < -0.39 is 6.17 Å². The molecule has 1 atom stereocenters. The van der Waals surface area contributed by atoms with Gasteiger partial charge in [0.2, 0.25) is 0 Å². The number of pyridine rings is 1. The average molecular weight is 166 g/mol. The van der Waals surface area contributed by atoms with Gasteiger partial charge < -0.3 is 4.90 Å². The van der Waals surface area contributed by atoms with Crippen molar-refractivity contribution in [3.8, 4) is 0 Å². The minimum atomic E-state index is -0.662. The van der Waals surface area contributed by atoms with Crippen molar-refractivity contribution in [3.05, 3.63) is 24.5 Å². The van der Waals surface area contributed by atoms with Crippen LogP contribution in [0.5, 0.6) is 0 Å². The molecule has 0 saturated carbocycles. The first kappa shape index (κ1) is 7.53. The highest BCUT2D eigenvalue weighted by atomic mass is 19.1. The summed E-state index contributed by atoms with van der Waals surface area (Å²) in [5, 5.41) is 0. The van der Waals surface area contributed by atoms with Crippen molar-refractivity contribution in [1.82, 2.24) is 4.98 Å². The molecule has 3 heteroatoms. The highest BCUT2D eigenvalue weighted by molar-refractivity contribution is 5.44. The summed E-state index contributed by atoms with van der Waals surface area (Å²) in [6.45, 7) is 1.33. The second-order valence-electron chi connectivity index (χ2n) is 3.04. The summed E-state index contributed by atoms with van der Waals surface area (Å²) in [5.74, 6) is 0. The second kappa shape index (κ2) is 3.09. The van der Waals surface area contributed by atoms with Crippen LogP contribution in [0.2, 0.25) is 0 Å². The van der Waals surface area contributed by atoms with Crippen molar-refractivity contribution >= 4 is 5.69 Å². The number of anilines is 1. The Kier molecular flexibility index (Phi) is 1.94. The first-order valence-electron chi connectivity index (χ1n) is 4.15. The van der Waals surface area contributed by atoms with Crippen LogP contribution in [0.3, 0.4) is 0 Å². The molecule has 0 N–H and O–H groups in total. The Labute approximate surface area is 71.0 Å². The van der Waals surface area contributed by atoms with Crippen molar-refractivity contribution in [3.63, 3.8) is 0 Å². The van der Waals surface area contributed by atoms with Crippen LogP contribution in [0.4, 0.5) is 10.1 Å². The molecular weight excluding hydrogens is 155 g/mol. The maximum atomic E-state index is 12.8. The molecule has 0 amide bonds. The third-order valence-electron chi connectivity index (χ3n) is 2.14. The van der Waals surface area contributed by atoms with E-state index in [0.717, 1.165) is 12.2 Å². The highest BCUT2D eigenvalue weighted by Crippen LogP contribution is 2.19. The molecule has 1 unspecified atom stereocenters. The molecule has 0 bridgehead atoms. The van der Waals surface area contributed by atoms with E-state index in [1.54, 1.807) is 12.4 Å². The molecule has 0 aromatic carbocycles. The first-order valence-corrected chi connectivity index (χ1v) is 4.15. The van der Waals surface area contributed by atoms with E-state index in [0.29, 0.717) is 13.0 Å². The lowest BCUT2D eigenvalue weighted by molar-refractivity contribution is 0.364. The van der Waals surface area contributed by atoms with E-state index in [-0.39, 0.29) is 0 Å². The van der Waals surface area contributed by atoms with Crippen LogP contribution in [0, 0.1) is 0 Å². The molecule has 0 aliphatic carbocycles. The van der Waals surface area contributed by atoms with Gasteiger partial charge in [0.25, 0.3) is 0 Å². The average Bonchev–Trinajstić information content (AvgIpc) is 2.54. The maximum absolute atomic E-state index is 12.8. The quantitative estimate of drug-likeness (QED) is 0.630. The molecule has 64 valence electrons. The lowest BCUT2D eigenvalue weighted by atomic mass is 10.3. The van der Waals surface area contributed by atoms with Gasteiger partial charge in [0.15, 0.2) is 0 Å². The number of hydrogen-bond donors (Lipinski definition) is 0. The molecule has 1 fully saturated rings. The van der Waals surface area contributed by atoms with Crippen molar-refractivity contribution in [2.24, 2.45) is 0 Å². The number of aromatic nitrogens is 1. The van der Waals surface area contributed by atoms with Gasteiger partial charge in [0, 0.05) is 19.3 Å². The number of alkyl halides is 1. The fraction of sp³-hybridized carbons (Fsp3) is 0.444. The number of nitrogens with zero attached hydrogens (tertiary/aromatic N) is 2. The molecule has 2 heterocycles. The monoisotopic (exact) mass is 166 g/mol. The van der Waals surface area contributed by atoms with Crippen molar-refractivity contribution in [1.29, 1.82) is 0 Å². The summed E-state index contributed by atoms with van der Waals surface area (Å²) in [4.78, 5) is 6.02. The molecule has 1 aromatic heterocycles. The summed E-state index contributed by atoms with van der Waals surface area (Å²) in [7, 11) is 0. The van der Waals surface area contributed by atoms with Crippen molar-refractivity contribution in [2.45, 2.75) is 12.6 Å². The van der Waals surface area contributed by atoms with E-state index in [9.17, 15) is 4.39 Å². The smallest absolute Gasteiger partial charge is 0.119 e. The zero-order valence-electron chi connectivity index (χ0n) is 6.78. The summed E-state index contributed by atoms with van der Waals surface area (Å²) in [6, 6.07) is 3.84. The molecule has 1 aliphatic heterocycles. The lowest BCUT2D eigenvalue weighted by Gasteiger charge is -2.16. The van der Waals surface area contributed by atoms with Gasteiger partial charge in [0.05, 0.1) is 11.9 Å². The van der Waals surface area contributed by atoms with Gasteiger partial charge in [0.1, 0.15) is 6.17 Å². The zero-order valence-corrected chi connectivity index (χ0v) is 6.78. The lowest BCUT2D eigenvalue weighted by Crippen LogP contribution is -2.19. The summed E-state index contributed by atoms with van der Waals surface area (Å²) < 4.78 is 12.8. The topological polar surface area (TPSA) is 16.1 Å². The van der Waals surface area contributed by atoms with Crippen molar-refractivity contribution in [2.75, 3.05) is 18.0 Å². The van der Waals surface area contributed by atoms with Gasteiger partial charge in [-0.15, -0.1) is 0 Å². The van der Waals surface area contributed by atoms with E-state index in [1.165, 1.54) is 0 Å². The Bertz CT molecular complexity index is 250. The fourth-order valence-electron chi connectivity index (χ4n) is 1.49. The Morgan fingerprint density at radius 1 is 1.58 bits per heavy atom.